The highest BCUT2D eigenvalue weighted by molar-refractivity contribution is 6.62. The van der Waals surface area contributed by atoms with E-state index in [-0.39, 0.29) is 0 Å². The summed E-state index contributed by atoms with van der Waals surface area (Å²) in [7, 11) is 0. The fourth-order valence-corrected chi connectivity index (χ4v) is 1.36. The fourth-order valence-electron chi connectivity index (χ4n) is 1.23. The molecule has 0 spiro atoms. The Hall–Kier alpha value is -1.28. The molecule has 0 aliphatic rings. The Kier molecular flexibility index (Phi) is 4.91. The van der Waals surface area contributed by atoms with Crippen LogP contribution in [0.5, 0.6) is 0 Å². The van der Waals surface area contributed by atoms with E-state index in [1.165, 1.54) is 0 Å². The van der Waals surface area contributed by atoms with Crippen LogP contribution in [0.4, 0.5) is 4.79 Å². The highest BCUT2D eigenvalue weighted by atomic mass is 35.5. The topological polar surface area (TPSA) is 20.3 Å². The second-order valence-electron chi connectivity index (χ2n) is 3.19. The maximum absolute atomic E-state index is 11.1. The number of hydrogen-bond donors (Lipinski definition) is 0. The van der Waals surface area contributed by atoms with Crippen molar-refractivity contribution in [3.05, 3.63) is 48.0 Å². The van der Waals surface area contributed by atoms with E-state index in [9.17, 15) is 4.79 Å². The summed E-state index contributed by atoms with van der Waals surface area (Å²) in [5.74, 6) is 0. The normalized spacial score (nSPS) is 10.5. The number of carbonyl (C=O) groups is 1. The van der Waals surface area contributed by atoms with Crippen LogP contribution in [0.25, 0.3) is 0 Å². The molecular formula is C12H14ClNO. The van der Waals surface area contributed by atoms with Crippen molar-refractivity contribution >= 4 is 17.0 Å². The lowest BCUT2D eigenvalue weighted by Gasteiger charge is -2.17. The summed E-state index contributed by atoms with van der Waals surface area (Å²) in [6.07, 6.45) is 3.81. The molecule has 0 saturated carbocycles. The number of allylic oxidation sites excluding steroid dienone is 1. The van der Waals surface area contributed by atoms with Crippen LogP contribution in [-0.4, -0.2) is 16.8 Å². The van der Waals surface area contributed by atoms with E-state index < -0.39 is 5.37 Å². The third kappa shape index (κ3) is 4.17. The lowest BCUT2D eigenvalue weighted by molar-refractivity contribution is 0.225. The van der Waals surface area contributed by atoms with Gasteiger partial charge in [0.25, 0.3) is 0 Å². The molecule has 15 heavy (non-hydrogen) atoms. The molecule has 0 aliphatic heterocycles. The van der Waals surface area contributed by atoms with Crippen LogP contribution in [0, 0.1) is 0 Å². The van der Waals surface area contributed by atoms with Crippen LogP contribution < -0.4 is 0 Å². The molecule has 3 heteroatoms. The second-order valence-corrected chi connectivity index (χ2v) is 3.51. The molecule has 80 valence electrons. The molecule has 1 aromatic carbocycles. The minimum atomic E-state index is -0.419. The van der Waals surface area contributed by atoms with E-state index in [1.807, 2.05) is 49.4 Å². The molecule has 2 nitrogen and oxygen atoms in total. The molecule has 0 bridgehead atoms. The van der Waals surface area contributed by atoms with Gasteiger partial charge in [0.1, 0.15) is 0 Å². The van der Waals surface area contributed by atoms with Crippen LogP contribution in [0.1, 0.15) is 12.5 Å². The van der Waals surface area contributed by atoms with Gasteiger partial charge >= 0.3 is 5.37 Å². The van der Waals surface area contributed by atoms with Crippen molar-refractivity contribution in [3.63, 3.8) is 0 Å². The van der Waals surface area contributed by atoms with E-state index >= 15 is 0 Å². The number of rotatable bonds is 4. The molecule has 0 unspecified atom stereocenters. The van der Waals surface area contributed by atoms with Crippen molar-refractivity contribution in [2.24, 2.45) is 0 Å². The van der Waals surface area contributed by atoms with Crippen molar-refractivity contribution in [1.29, 1.82) is 0 Å². The van der Waals surface area contributed by atoms with E-state index in [0.717, 1.165) is 5.56 Å². The van der Waals surface area contributed by atoms with Gasteiger partial charge in [-0.05, 0) is 24.1 Å². The maximum atomic E-state index is 11.1. The summed E-state index contributed by atoms with van der Waals surface area (Å²) in [5.41, 5.74) is 1.08. The average Bonchev–Trinajstić information content (AvgIpc) is 2.25. The van der Waals surface area contributed by atoms with Gasteiger partial charge in [-0.25, -0.2) is 0 Å². The highest BCUT2D eigenvalue weighted by Crippen LogP contribution is 2.06. The van der Waals surface area contributed by atoms with Crippen molar-refractivity contribution in [3.8, 4) is 0 Å². The van der Waals surface area contributed by atoms with Gasteiger partial charge in [-0.15, -0.1) is 0 Å². The van der Waals surface area contributed by atoms with Crippen molar-refractivity contribution in [1.82, 2.24) is 4.90 Å². The van der Waals surface area contributed by atoms with Crippen LogP contribution in [0.3, 0.4) is 0 Å². The van der Waals surface area contributed by atoms with Gasteiger partial charge in [0.2, 0.25) is 0 Å². The first-order valence-corrected chi connectivity index (χ1v) is 5.21. The van der Waals surface area contributed by atoms with Gasteiger partial charge in [0.05, 0.1) is 0 Å². The Morgan fingerprint density at radius 1 is 1.40 bits per heavy atom. The smallest absolute Gasteiger partial charge is 0.316 e. The summed E-state index contributed by atoms with van der Waals surface area (Å²) in [4.78, 5) is 12.7. The van der Waals surface area contributed by atoms with E-state index in [2.05, 4.69) is 0 Å². The second kappa shape index (κ2) is 6.25. The molecule has 0 N–H and O–H groups in total. The summed E-state index contributed by atoms with van der Waals surface area (Å²) >= 11 is 5.48. The largest absolute Gasteiger partial charge is 0.321 e. The summed E-state index contributed by atoms with van der Waals surface area (Å²) in [5, 5.41) is -0.419. The maximum Gasteiger partial charge on any atom is 0.316 e. The minimum absolute atomic E-state index is 0.419. The first-order valence-electron chi connectivity index (χ1n) is 4.83. The number of hydrogen-bond acceptors (Lipinski definition) is 1. The minimum Gasteiger partial charge on any atom is -0.321 e. The van der Waals surface area contributed by atoms with Gasteiger partial charge in [-0.1, -0.05) is 42.5 Å². The Bertz CT molecular complexity index is 335. The standard InChI is InChI=1S/C12H14ClNO/c1-2-3-9-14(12(13)15)10-11-7-5-4-6-8-11/h2-8H,9-10H2,1H3/b3-2+. The van der Waals surface area contributed by atoms with Crippen LogP contribution >= 0.6 is 11.6 Å². The van der Waals surface area contributed by atoms with Crippen molar-refractivity contribution in [2.75, 3.05) is 6.54 Å². The molecule has 1 rings (SSSR count). The number of halogens is 1. The summed E-state index contributed by atoms with van der Waals surface area (Å²) in [6.45, 7) is 3.01. The van der Waals surface area contributed by atoms with Crippen molar-refractivity contribution in [2.45, 2.75) is 13.5 Å². The van der Waals surface area contributed by atoms with Crippen molar-refractivity contribution < 1.29 is 4.79 Å². The number of nitrogens with zero attached hydrogens (tertiary/aromatic N) is 1. The zero-order valence-electron chi connectivity index (χ0n) is 8.69. The van der Waals surface area contributed by atoms with Crippen LogP contribution in [0.2, 0.25) is 0 Å². The average molecular weight is 224 g/mol. The van der Waals surface area contributed by atoms with Crippen LogP contribution in [0.15, 0.2) is 42.5 Å². The molecule has 0 atom stereocenters. The first kappa shape index (κ1) is 11.8. The quantitative estimate of drug-likeness (QED) is 0.435. The Morgan fingerprint density at radius 3 is 2.60 bits per heavy atom. The fraction of sp³-hybridized carbons (Fsp3) is 0.250. The van der Waals surface area contributed by atoms with Gasteiger partial charge in [0, 0.05) is 13.1 Å². The number of carbonyl (C=O) groups excluding carboxylic acids is 1. The molecule has 0 aromatic heterocycles. The monoisotopic (exact) mass is 223 g/mol. The molecule has 0 saturated heterocycles. The third-order valence-electron chi connectivity index (χ3n) is 2.03. The van der Waals surface area contributed by atoms with Crippen LogP contribution in [-0.2, 0) is 6.54 Å². The summed E-state index contributed by atoms with van der Waals surface area (Å²) < 4.78 is 0. The van der Waals surface area contributed by atoms with E-state index in [0.29, 0.717) is 13.1 Å². The highest BCUT2D eigenvalue weighted by Gasteiger charge is 2.08. The lowest BCUT2D eigenvalue weighted by atomic mass is 10.2. The Labute approximate surface area is 95.2 Å². The zero-order chi connectivity index (χ0) is 11.1. The van der Waals surface area contributed by atoms with Gasteiger partial charge < -0.3 is 4.90 Å². The number of amides is 1. The molecule has 0 aliphatic carbocycles. The Balaban J connectivity index is 2.63. The van der Waals surface area contributed by atoms with E-state index in [4.69, 9.17) is 11.6 Å². The molecular weight excluding hydrogens is 210 g/mol. The molecule has 0 heterocycles. The molecule has 0 radical (unpaired) electrons. The molecule has 0 fully saturated rings. The number of benzene rings is 1. The first-order chi connectivity index (χ1) is 7.24. The Morgan fingerprint density at radius 2 is 2.07 bits per heavy atom. The predicted octanol–water partition coefficient (Wildman–Crippen LogP) is 3.42. The SMILES string of the molecule is C/C=C/CN(Cc1ccccc1)C(=O)Cl. The zero-order valence-corrected chi connectivity index (χ0v) is 9.45. The van der Waals surface area contributed by atoms with Gasteiger partial charge in [-0.3, -0.25) is 4.79 Å². The van der Waals surface area contributed by atoms with Gasteiger partial charge in [-0.2, -0.15) is 0 Å². The lowest BCUT2D eigenvalue weighted by Crippen LogP contribution is -2.25. The third-order valence-corrected chi connectivity index (χ3v) is 2.27. The van der Waals surface area contributed by atoms with Gasteiger partial charge in [0.15, 0.2) is 0 Å². The summed E-state index contributed by atoms with van der Waals surface area (Å²) in [6, 6.07) is 9.79. The molecule has 1 amide bonds. The molecule has 1 aromatic rings. The van der Waals surface area contributed by atoms with E-state index in [1.54, 1.807) is 4.90 Å². The predicted molar refractivity (Wildman–Crippen MR) is 62.9 cm³/mol.